The van der Waals surface area contributed by atoms with Crippen LogP contribution in [0.4, 0.5) is 0 Å². The number of hydrogen-bond acceptors (Lipinski definition) is 5. The van der Waals surface area contributed by atoms with Gasteiger partial charge in [0.15, 0.2) is 0 Å². The van der Waals surface area contributed by atoms with Crippen molar-refractivity contribution in [3.8, 4) is 5.75 Å². The SMILES string of the molecule is CCOc1ccc(/C(O)=C2/C(=O)C(=O)N(Cc3cc(C)ccc3C)C2c2ccco2)cc1C(C)(C)C. The zero-order chi connectivity index (χ0) is 26.2. The molecule has 188 valence electrons. The molecule has 2 heterocycles. The molecule has 0 radical (unpaired) electrons. The zero-order valence-electron chi connectivity index (χ0n) is 21.7. The van der Waals surface area contributed by atoms with Crippen LogP contribution in [0.25, 0.3) is 5.76 Å². The summed E-state index contributed by atoms with van der Waals surface area (Å²) in [6, 6.07) is 13.9. The second kappa shape index (κ2) is 9.69. The number of likely N-dealkylation sites (tertiary alicyclic amines) is 1. The standard InChI is InChI=1S/C30H33NO5/c1-7-35-23-13-12-20(16-22(23)30(4,5)6)27(32)25-26(24-9-8-14-36-24)31(29(34)28(25)33)17-21-15-18(2)10-11-19(21)3/h8-16,26,32H,7,17H2,1-6H3/b27-25-. The summed E-state index contributed by atoms with van der Waals surface area (Å²) in [4.78, 5) is 28.1. The predicted octanol–water partition coefficient (Wildman–Crippen LogP) is 6.21. The van der Waals surface area contributed by atoms with E-state index in [0.29, 0.717) is 17.9 Å². The number of ether oxygens (including phenoxy) is 1. The summed E-state index contributed by atoms with van der Waals surface area (Å²) >= 11 is 0. The molecule has 1 aliphatic heterocycles. The van der Waals surface area contributed by atoms with Gasteiger partial charge in [0.1, 0.15) is 23.3 Å². The molecular weight excluding hydrogens is 454 g/mol. The van der Waals surface area contributed by atoms with Gasteiger partial charge >= 0.3 is 0 Å². The third kappa shape index (κ3) is 4.68. The van der Waals surface area contributed by atoms with E-state index in [-0.39, 0.29) is 23.3 Å². The third-order valence-corrected chi connectivity index (χ3v) is 6.56. The van der Waals surface area contributed by atoms with Gasteiger partial charge in [-0.05, 0) is 67.6 Å². The van der Waals surface area contributed by atoms with Crippen molar-refractivity contribution in [2.24, 2.45) is 0 Å². The Morgan fingerprint density at radius 3 is 2.47 bits per heavy atom. The molecule has 1 aromatic heterocycles. The molecule has 1 amide bonds. The first-order chi connectivity index (χ1) is 17.0. The second-order valence-electron chi connectivity index (χ2n) is 10.3. The van der Waals surface area contributed by atoms with Crippen LogP contribution in [0.15, 0.2) is 64.8 Å². The van der Waals surface area contributed by atoms with Gasteiger partial charge < -0.3 is 19.2 Å². The van der Waals surface area contributed by atoms with Gasteiger partial charge in [-0.1, -0.05) is 44.5 Å². The number of hydrogen-bond donors (Lipinski definition) is 1. The van der Waals surface area contributed by atoms with Crippen LogP contribution in [0.5, 0.6) is 5.75 Å². The third-order valence-electron chi connectivity index (χ3n) is 6.56. The van der Waals surface area contributed by atoms with Crippen LogP contribution < -0.4 is 4.74 Å². The molecule has 0 spiro atoms. The van der Waals surface area contributed by atoms with Crippen molar-refractivity contribution in [1.29, 1.82) is 0 Å². The van der Waals surface area contributed by atoms with Crippen LogP contribution in [0.1, 0.15) is 67.3 Å². The molecule has 4 rings (SSSR count). The molecular formula is C30H33NO5. The molecule has 1 atom stereocenters. The van der Waals surface area contributed by atoms with Crippen molar-refractivity contribution >= 4 is 17.4 Å². The van der Waals surface area contributed by atoms with E-state index in [1.165, 1.54) is 11.2 Å². The second-order valence-corrected chi connectivity index (χ2v) is 10.3. The number of furan rings is 1. The van der Waals surface area contributed by atoms with Crippen LogP contribution in [0, 0.1) is 13.8 Å². The Balaban J connectivity index is 1.86. The van der Waals surface area contributed by atoms with Crippen molar-refractivity contribution in [2.45, 2.75) is 59.5 Å². The summed E-state index contributed by atoms with van der Waals surface area (Å²) in [5, 5.41) is 11.5. The van der Waals surface area contributed by atoms with E-state index in [2.05, 4.69) is 20.8 Å². The van der Waals surface area contributed by atoms with Crippen molar-refractivity contribution in [1.82, 2.24) is 4.90 Å². The van der Waals surface area contributed by atoms with Gasteiger partial charge in [0.05, 0.1) is 18.4 Å². The molecule has 0 aliphatic carbocycles. The zero-order valence-corrected chi connectivity index (χ0v) is 21.7. The average Bonchev–Trinajstić information content (AvgIpc) is 3.43. The lowest BCUT2D eigenvalue weighted by molar-refractivity contribution is -0.140. The fourth-order valence-electron chi connectivity index (χ4n) is 4.64. The highest BCUT2D eigenvalue weighted by atomic mass is 16.5. The first-order valence-electron chi connectivity index (χ1n) is 12.2. The number of amides is 1. The van der Waals surface area contributed by atoms with E-state index in [4.69, 9.17) is 9.15 Å². The lowest BCUT2D eigenvalue weighted by atomic mass is 9.84. The Morgan fingerprint density at radius 2 is 1.83 bits per heavy atom. The van der Waals surface area contributed by atoms with Crippen molar-refractivity contribution in [2.75, 3.05) is 6.61 Å². The molecule has 1 unspecified atom stereocenters. The number of aryl methyl sites for hydroxylation is 2. The van der Waals surface area contributed by atoms with Crippen LogP contribution in [0.3, 0.4) is 0 Å². The molecule has 1 fully saturated rings. The molecule has 36 heavy (non-hydrogen) atoms. The Bertz CT molecular complexity index is 1330. The number of aliphatic hydroxyl groups is 1. The Labute approximate surface area is 212 Å². The smallest absolute Gasteiger partial charge is 0.296 e. The number of carbonyl (C=O) groups is 2. The number of aliphatic hydroxyl groups excluding tert-OH is 1. The van der Waals surface area contributed by atoms with Crippen LogP contribution >= 0.6 is 0 Å². The van der Waals surface area contributed by atoms with Crippen LogP contribution in [0.2, 0.25) is 0 Å². The maximum absolute atomic E-state index is 13.4. The minimum Gasteiger partial charge on any atom is -0.507 e. The van der Waals surface area contributed by atoms with E-state index in [0.717, 1.165) is 28.0 Å². The Hall–Kier alpha value is -3.80. The van der Waals surface area contributed by atoms with E-state index >= 15 is 0 Å². The van der Waals surface area contributed by atoms with Gasteiger partial charge in [-0.3, -0.25) is 9.59 Å². The molecule has 1 N–H and O–H groups in total. The summed E-state index contributed by atoms with van der Waals surface area (Å²) in [5.41, 5.74) is 4.11. The topological polar surface area (TPSA) is 80.0 Å². The minimum atomic E-state index is -0.843. The summed E-state index contributed by atoms with van der Waals surface area (Å²) in [6.45, 7) is 12.8. The van der Waals surface area contributed by atoms with Gasteiger partial charge in [0, 0.05) is 17.7 Å². The first-order valence-corrected chi connectivity index (χ1v) is 12.2. The maximum Gasteiger partial charge on any atom is 0.296 e. The lowest BCUT2D eigenvalue weighted by Gasteiger charge is -2.25. The number of Topliss-reactive ketones (excluding diaryl/α,β-unsaturated/α-hetero) is 1. The van der Waals surface area contributed by atoms with Crippen molar-refractivity contribution < 1.29 is 23.8 Å². The fraction of sp³-hybridized carbons (Fsp3) is 0.333. The number of rotatable bonds is 6. The molecule has 1 saturated heterocycles. The summed E-state index contributed by atoms with van der Waals surface area (Å²) < 4.78 is 11.5. The molecule has 6 nitrogen and oxygen atoms in total. The predicted molar refractivity (Wildman–Crippen MR) is 139 cm³/mol. The highest BCUT2D eigenvalue weighted by molar-refractivity contribution is 6.46. The van der Waals surface area contributed by atoms with Gasteiger partial charge in [-0.15, -0.1) is 0 Å². The van der Waals surface area contributed by atoms with Gasteiger partial charge in [-0.25, -0.2) is 0 Å². The summed E-state index contributed by atoms with van der Waals surface area (Å²) in [7, 11) is 0. The van der Waals surface area contributed by atoms with Crippen molar-refractivity contribution in [3.63, 3.8) is 0 Å². The van der Waals surface area contributed by atoms with Gasteiger partial charge in [-0.2, -0.15) is 0 Å². The Kier molecular flexibility index (Phi) is 6.81. The molecule has 1 aliphatic rings. The lowest BCUT2D eigenvalue weighted by Crippen LogP contribution is -2.29. The van der Waals surface area contributed by atoms with E-state index < -0.39 is 17.7 Å². The minimum absolute atomic E-state index is 0.0178. The Morgan fingerprint density at radius 1 is 1.08 bits per heavy atom. The molecule has 3 aromatic rings. The van der Waals surface area contributed by atoms with E-state index in [1.807, 2.05) is 45.0 Å². The highest BCUT2D eigenvalue weighted by Crippen LogP contribution is 2.42. The maximum atomic E-state index is 13.4. The van der Waals surface area contributed by atoms with E-state index in [1.54, 1.807) is 24.3 Å². The summed E-state index contributed by atoms with van der Waals surface area (Å²) in [5.74, 6) is -0.486. The van der Waals surface area contributed by atoms with E-state index in [9.17, 15) is 14.7 Å². The number of carbonyl (C=O) groups excluding carboxylic acids is 2. The molecule has 6 heteroatoms. The van der Waals surface area contributed by atoms with Gasteiger partial charge in [0.25, 0.3) is 11.7 Å². The van der Waals surface area contributed by atoms with Crippen LogP contribution in [-0.2, 0) is 21.5 Å². The van der Waals surface area contributed by atoms with Crippen LogP contribution in [-0.4, -0.2) is 28.3 Å². The highest BCUT2D eigenvalue weighted by Gasteiger charge is 2.47. The number of benzene rings is 2. The average molecular weight is 488 g/mol. The molecule has 2 aromatic carbocycles. The first kappa shape index (κ1) is 25.3. The van der Waals surface area contributed by atoms with Crippen molar-refractivity contribution in [3.05, 3.63) is 93.9 Å². The number of ketones is 1. The monoisotopic (exact) mass is 487 g/mol. The molecule has 0 saturated carbocycles. The number of nitrogens with zero attached hydrogens (tertiary/aromatic N) is 1. The quantitative estimate of drug-likeness (QED) is 0.254. The molecule has 0 bridgehead atoms. The summed E-state index contributed by atoms with van der Waals surface area (Å²) in [6.07, 6.45) is 1.50. The fourth-order valence-corrected chi connectivity index (χ4v) is 4.64. The normalized spacial score (nSPS) is 17.6. The largest absolute Gasteiger partial charge is 0.507 e. The van der Waals surface area contributed by atoms with Gasteiger partial charge in [0.2, 0.25) is 0 Å².